The zero-order valence-corrected chi connectivity index (χ0v) is 9.66. The van der Waals surface area contributed by atoms with Gasteiger partial charge >= 0.3 is 5.69 Å². The molecule has 8 nitrogen and oxygen atoms in total. The molecule has 98 valence electrons. The van der Waals surface area contributed by atoms with Gasteiger partial charge in [-0.2, -0.15) is 5.10 Å². The summed E-state index contributed by atoms with van der Waals surface area (Å²) >= 11 is 0. The molecule has 0 amide bonds. The minimum Gasteiger partial charge on any atom is -0.500 e. The van der Waals surface area contributed by atoms with Crippen molar-refractivity contribution in [3.05, 3.63) is 27.8 Å². The summed E-state index contributed by atoms with van der Waals surface area (Å²) in [6, 6.07) is 2.58. The fourth-order valence-electron chi connectivity index (χ4n) is 1.22. The summed E-state index contributed by atoms with van der Waals surface area (Å²) in [5.74, 6) is -0.532. The normalized spacial score (nSPS) is 10.6. The largest absolute Gasteiger partial charge is 0.500 e. The summed E-state index contributed by atoms with van der Waals surface area (Å²) < 4.78 is 4.83. The third-order valence-electron chi connectivity index (χ3n) is 2.02. The highest BCUT2D eigenvalue weighted by Gasteiger charge is 2.19. The number of hydrogen-bond acceptors (Lipinski definition) is 7. The molecule has 18 heavy (non-hydrogen) atoms. The number of aliphatic hydroxyl groups excluding tert-OH is 1. The summed E-state index contributed by atoms with van der Waals surface area (Å²) in [7, 11) is 1.30. The van der Waals surface area contributed by atoms with Gasteiger partial charge in [0.25, 0.3) is 0 Å². The number of phenolic OH excluding ortho intramolecular Hbond substituents is 1. The minimum atomic E-state index is -0.712. The number of phenols is 1. The molecule has 0 aliphatic heterocycles. The maximum absolute atomic E-state index is 10.7. The molecule has 0 fully saturated rings. The standard InChI is InChI=1S/C10H13N3O5/c1-18-9-5-7(6-12-11-2-3-14)4-8(10(9)15)13(16)17/h4-6,11,14-15H,2-3H2,1H3. The summed E-state index contributed by atoms with van der Waals surface area (Å²) in [6.45, 7) is 0.199. The molecule has 0 saturated carbocycles. The van der Waals surface area contributed by atoms with Crippen molar-refractivity contribution in [2.75, 3.05) is 20.3 Å². The van der Waals surface area contributed by atoms with E-state index in [2.05, 4.69) is 10.5 Å². The van der Waals surface area contributed by atoms with Gasteiger partial charge in [0.05, 0.1) is 31.4 Å². The molecule has 8 heteroatoms. The van der Waals surface area contributed by atoms with Crippen molar-refractivity contribution in [3.63, 3.8) is 0 Å². The van der Waals surface area contributed by atoms with Crippen LogP contribution in [0.5, 0.6) is 11.5 Å². The molecule has 0 heterocycles. The van der Waals surface area contributed by atoms with Crippen LogP contribution in [0.1, 0.15) is 5.56 Å². The van der Waals surface area contributed by atoms with Crippen LogP contribution >= 0.6 is 0 Å². The number of nitrogens with zero attached hydrogens (tertiary/aromatic N) is 2. The van der Waals surface area contributed by atoms with E-state index in [0.29, 0.717) is 5.56 Å². The number of benzene rings is 1. The third kappa shape index (κ3) is 3.32. The zero-order chi connectivity index (χ0) is 13.5. The van der Waals surface area contributed by atoms with Crippen LogP contribution in [0.3, 0.4) is 0 Å². The van der Waals surface area contributed by atoms with E-state index in [4.69, 9.17) is 9.84 Å². The lowest BCUT2D eigenvalue weighted by Crippen LogP contribution is -2.11. The lowest BCUT2D eigenvalue weighted by molar-refractivity contribution is -0.386. The SMILES string of the molecule is COc1cc(C=NNCCO)cc([N+](=O)[O-])c1O. The van der Waals surface area contributed by atoms with Crippen molar-refractivity contribution < 1.29 is 19.9 Å². The molecule has 0 radical (unpaired) electrons. The Balaban J connectivity index is 3.02. The van der Waals surface area contributed by atoms with Gasteiger partial charge in [-0.25, -0.2) is 0 Å². The first-order chi connectivity index (χ1) is 8.60. The molecule has 1 rings (SSSR count). The van der Waals surface area contributed by atoms with Gasteiger partial charge in [0.15, 0.2) is 5.75 Å². The van der Waals surface area contributed by atoms with Crippen molar-refractivity contribution in [2.24, 2.45) is 5.10 Å². The Hall–Kier alpha value is -2.35. The number of hydrogen-bond donors (Lipinski definition) is 3. The van der Waals surface area contributed by atoms with Gasteiger partial charge in [-0.05, 0) is 6.07 Å². The molecule has 3 N–H and O–H groups in total. The van der Waals surface area contributed by atoms with Gasteiger partial charge in [0.1, 0.15) is 0 Å². The highest BCUT2D eigenvalue weighted by molar-refractivity contribution is 5.82. The minimum absolute atomic E-state index is 0.00666. The molecule has 0 aliphatic carbocycles. The monoisotopic (exact) mass is 255 g/mol. The lowest BCUT2D eigenvalue weighted by atomic mass is 10.2. The number of methoxy groups -OCH3 is 1. The van der Waals surface area contributed by atoms with Crippen LogP contribution in [-0.2, 0) is 0 Å². The maximum atomic E-state index is 10.7. The molecule has 0 bridgehead atoms. The number of hydrazone groups is 1. The molecule has 1 aromatic rings. The fraction of sp³-hybridized carbons (Fsp3) is 0.300. The molecule has 0 aliphatic rings. The second kappa shape index (κ2) is 6.40. The number of aliphatic hydroxyl groups is 1. The average Bonchev–Trinajstić information content (AvgIpc) is 2.35. The Morgan fingerprint density at radius 1 is 1.61 bits per heavy atom. The molecule has 0 unspecified atom stereocenters. The van der Waals surface area contributed by atoms with Crippen molar-refractivity contribution in [1.82, 2.24) is 5.43 Å². The molecular formula is C10H13N3O5. The quantitative estimate of drug-likeness (QED) is 0.290. The predicted octanol–water partition coefficient (Wildman–Crippen LogP) is 0.225. The molecule has 1 aromatic carbocycles. The summed E-state index contributed by atoms with van der Waals surface area (Å²) in [5.41, 5.74) is 2.46. The number of ether oxygens (including phenoxy) is 1. The molecule has 0 atom stereocenters. The van der Waals surface area contributed by atoms with Gasteiger partial charge in [-0.3, -0.25) is 10.1 Å². The Labute approximate surface area is 103 Å². The molecule has 0 aromatic heterocycles. The Morgan fingerprint density at radius 2 is 2.33 bits per heavy atom. The number of aromatic hydroxyl groups is 1. The van der Waals surface area contributed by atoms with E-state index in [9.17, 15) is 15.2 Å². The van der Waals surface area contributed by atoms with Crippen molar-refractivity contribution in [1.29, 1.82) is 0 Å². The topological polar surface area (TPSA) is 117 Å². The summed E-state index contributed by atoms with van der Waals surface area (Å²) in [5, 5.41) is 32.5. The Bertz CT molecular complexity index is 461. The van der Waals surface area contributed by atoms with E-state index in [-0.39, 0.29) is 18.9 Å². The van der Waals surface area contributed by atoms with Gasteiger partial charge in [0, 0.05) is 11.6 Å². The molecular weight excluding hydrogens is 242 g/mol. The second-order valence-corrected chi connectivity index (χ2v) is 3.24. The highest BCUT2D eigenvalue weighted by atomic mass is 16.6. The summed E-state index contributed by atoms with van der Waals surface area (Å²) in [6.07, 6.45) is 1.32. The number of nitro benzene ring substituents is 1. The van der Waals surface area contributed by atoms with Crippen LogP contribution in [0.2, 0.25) is 0 Å². The van der Waals surface area contributed by atoms with Gasteiger partial charge in [-0.1, -0.05) is 0 Å². The Morgan fingerprint density at radius 3 is 2.89 bits per heavy atom. The van der Waals surface area contributed by atoms with E-state index in [1.54, 1.807) is 0 Å². The van der Waals surface area contributed by atoms with E-state index in [1.807, 2.05) is 0 Å². The van der Waals surface area contributed by atoms with E-state index in [1.165, 1.54) is 25.5 Å². The van der Waals surface area contributed by atoms with Crippen LogP contribution in [-0.4, -0.2) is 41.6 Å². The predicted molar refractivity (Wildman–Crippen MR) is 64.0 cm³/mol. The summed E-state index contributed by atoms with van der Waals surface area (Å²) in [4.78, 5) is 10.0. The van der Waals surface area contributed by atoms with Crippen molar-refractivity contribution in [3.8, 4) is 11.5 Å². The maximum Gasteiger partial charge on any atom is 0.315 e. The van der Waals surface area contributed by atoms with Gasteiger partial charge in [-0.15, -0.1) is 0 Å². The molecule has 0 spiro atoms. The first kappa shape index (κ1) is 13.7. The van der Waals surface area contributed by atoms with Gasteiger partial charge in [0.2, 0.25) is 5.75 Å². The van der Waals surface area contributed by atoms with Crippen LogP contribution < -0.4 is 10.2 Å². The smallest absolute Gasteiger partial charge is 0.315 e. The first-order valence-electron chi connectivity index (χ1n) is 5.02. The highest BCUT2D eigenvalue weighted by Crippen LogP contribution is 2.36. The van der Waals surface area contributed by atoms with Crippen LogP contribution in [0.4, 0.5) is 5.69 Å². The molecule has 0 saturated heterocycles. The number of rotatable bonds is 6. The van der Waals surface area contributed by atoms with Crippen molar-refractivity contribution in [2.45, 2.75) is 0 Å². The lowest BCUT2D eigenvalue weighted by Gasteiger charge is -2.05. The Kier molecular flexibility index (Phi) is 4.88. The first-order valence-corrected chi connectivity index (χ1v) is 5.02. The van der Waals surface area contributed by atoms with Gasteiger partial charge < -0.3 is 20.4 Å². The van der Waals surface area contributed by atoms with E-state index in [0.717, 1.165) is 0 Å². The fourth-order valence-corrected chi connectivity index (χ4v) is 1.22. The van der Waals surface area contributed by atoms with Crippen LogP contribution in [0.15, 0.2) is 17.2 Å². The number of nitrogens with one attached hydrogen (secondary N) is 1. The van der Waals surface area contributed by atoms with E-state index < -0.39 is 16.4 Å². The van der Waals surface area contributed by atoms with Crippen LogP contribution in [0, 0.1) is 10.1 Å². The second-order valence-electron chi connectivity index (χ2n) is 3.24. The van der Waals surface area contributed by atoms with Crippen molar-refractivity contribution >= 4 is 11.9 Å². The van der Waals surface area contributed by atoms with E-state index >= 15 is 0 Å². The van der Waals surface area contributed by atoms with Crippen LogP contribution in [0.25, 0.3) is 0 Å². The zero-order valence-electron chi connectivity index (χ0n) is 9.66. The number of nitro groups is 1. The average molecular weight is 255 g/mol. The third-order valence-corrected chi connectivity index (χ3v) is 2.02.